The van der Waals surface area contributed by atoms with Crippen molar-refractivity contribution in [2.75, 3.05) is 0 Å². The van der Waals surface area contributed by atoms with Crippen molar-refractivity contribution in [2.45, 2.75) is 61.3 Å². The molecule has 7 rings (SSSR count). The van der Waals surface area contributed by atoms with Crippen molar-refractivity contribution in [2.24, 2.45) is 10.8 Å². The molecule has 257 valence electrons. The topological polar surface area (TPSA) is 55.1 Å². The third kappa shape index (κ3) is 7.31. The van der Waals surface area contributed by atoms with E-state index in [-0.39, 0.29) is 37.1 Å². The Bertz CT molecular complexity index is 2310. The molecule has 7 aromatic rings. The van der Waals surface area contributed by atoms with Crippen LogP contribution < -0.4 is 0 Å². The van der Waals surface area contributed by atoms with E-state index in [2.05, 4.69) is 128 Å². The van der Waals surface area contributed by atoms with E-state index in [1.54, 1.807) is 0 Å². The van der Waals surface area contributed by atoms with Gasteiger partial charge in [0.15, 0.2) is 5.78 Å². The number of aromatic nitrogens is 2. The van der Waals surface area contributed by atoms with Crippen LogP contribution >= 0.6 is 0 Å². The molecule has 0 aliphatic heterocycles. The minimum absolute atomic E-state index is 0. The number of hydrogen-bond donors (Lipinski definition) is 1. The molecular formula is C45H45IrN2O2-. The third-order valence-electron chi connectivity index (χ3n) is 9.04. The van der Waals surface area contributed by atoms with Gasteiger partial charge in [-0.1, -0.05) is 128 Å². The summed E-state index contributed by atoms with van der Waals surface area (Å²) in [4.78, 5) is 16.4. The fourth-order valence-corrected chi connectivity index (χ4v) is 6.05. The van der Waals surface area contributed by atoms with Gasteiger partial charge in [0.05, 0.1) is 11.0 Å². The second-order valence-electron chi connectivity index (χ2n) is 15.2. The normalized spacial score (nSPS) is 12.3. The zero-order valence-electron chi connectivity index (χ0n) is 30.1. The zero-order valence-corrected chi connectivity index (χ0v) is 32.5. The fraction of sp³-hybridized carbons (Fsp3) is 0.244. The number of rotatable bonds is 4. The number of para-hydroxylation sites is 2. The SMILES string of the molecule is CC(C)(C)C(=O)/C=C(\O)C(C)(C)C.CC(C)c1[c-]c(-c2nccc3c2ccc2ccccc23)cc(-n2c3ccccc3c3ccccc32)c1.[Ir]. The van der Waals surface area contributed by atoms with Gasteiger partial charge in [0.25, 0.3) is 0 Å². The molecule has 0 atom stereocenters. The van der Waals surface area contributed by atoms with Crippen molar-refractivity contribution >= 4 is 49.1 Å². The van der Waals surface area contributed by atoms with E-state index in [1.807, 2.05) is 47.7 Å². The summed E-state index contributed by atoms with van der Waals surface area (Å²) < 4.78 is 2.38. The molecule has 0 amide bonds. The number of aliphatic hydroxyl groups is 1. The summed E-state index contributed by atoms with van der Waals surface area (Å²) in [6.07, 6.45) is 3.26. The van der Waals surface area contributed by atoms with E-state index in [4.69, 9.17) is 4.98 Å². The van der Waals surface area contributed by atoms with Crippen molar-refractivity contribution < 1.29 is 30.0 Å². The van der Waals surface area contributed by atoms with Crippen molar-refractivity contribution in [1.82, 2.24) is 9.55 Å². The number of benzene rings is 5. The number of carbonyl (C=O) groups is 1. The molecule has 50 heavy (non-hydrogen) atoms. The first kappa shape index (κ1) is 36.7. The van der Waals surface area contributed by atoms with E-state index in [9.17, 15) is 9.90 Å². The van der Waals surface area contributed by atoms with E-state index in [0.717, 1.165) is 22.3 Å². The molecule has 5 heteroatoms. The second-order valence-corrected chi connectivity index (χ2v) is 15.2. The fourth-order valence-electron chi connectivity index (χ4n) is 6.05. The standard InChI is InChI=1S/C34H25N2.C11H20O2.Ir/c1-22(2)24-19-25(34-31-16-15-23-9-3-4-10-27(23)28(31)17-18-35-34)21-26(20-24)36-32-13-7-5-11-29(32)30-12-6-8-14-33(30)36;1-10(2,3)8(12)7-9(13)11(4,5)6;/h3-18,20-22H,1-2H3;7,12H,1-6H3;/q-1;;/b;8-7-;. The van der Waals surface area contributed by atoms with Crippen LogP contribution in [-0.2, 0) is 24.9 Å². The Labute approximate surface area is 309 Å². The van der Waals surface area contributed by atoms with Crippen LogP contribution in [0.25, 0.3) is 60.3 Å². The van der Waals surface area contributed by atoms with E-state index >= 15 is 0 Å². The average Bonchev–Trinajstić information content (AvgIpc) is 3.41. The van der Waals surface area contributed by atoms with Crippen molar-refractivity contribution in [3.63, 3.8) is 0 Å². The molecule has 0 aliphatic carbocycles. The molecule has 0 saturated carbocycles. The maximum atomic E-state index is 11.5. The molecule has 1 N–H and O–H groups in total. The zero-order chi connectivity index (χ0) is 35.1. The summed E-state index contributed by atoms with van der Waals surface area (Å²) in [5, 5.41) is 17.0. The smallest absolute Gasteiger partial charge is 0.164 e. The summed E-state index contributed by atoms with van der Waals surface area (Å²) in [5.41, 5.74) is 5.99. The van der Waals surface area contributed by atoms with Crippen LogP contribution in [0, 0.1) is 16.9 Å². The van der Waals surface area contributed by atoms with E-state index < -0.39 is 5.41 Å². The van der Waals surface area contributed by atoms with Crippen molar-refractivity contribution in [1.29, 1.82) is 0 Å². The Kier molecular flexibility index (Phi) is 10.5. The first-order chi connectivity index (χ1) is 23.2. The molecule has 0 unspecified atom stereocenters. The predicted octanol–water partition coefficient (Wildman–Crippen LogP) is 12.2. The monoisotopic (exact) mass is 838 g/mol. The Morgan fingerprint density at radius 1 is 0.720 bits per heavy atom. The number of ketones is 1. The first-order valence-electron chi connectivity index (χ1n) is 17.0. The van der Waals surface area contributed by atoms with Crippen molar-refractivity contribution in [3.8, 4) is 16.9 Å². The molecule has 0 spiro atoms. The molecule has 5 aromatic carbocycles. The van der Waals surface area contributed by atoms with E-state index in [1.165, 1.54) is 49.6 Å². The third-order valence-corrected chi connectivity index (χ3v) is 9.04. The van der Waals surface area contributed by atoms with Crippen LogP contribution in [-0.4, -0.2) is 20.4 Å². The van der Waals surface area contributed by atoms with Crippen LogP contribution in [0.5, 0.6) is 0 Å². The number of fused-ring (bicyclic) bond motifs is 6. The van der Waals surface area contributed by atoms with Crippen LogP contribution in [0.1, 0.15) is 66.9 Å². The van der Waals surface area contributed by atoms with Gasteiger partial charge < -0.3 is 14.7 Å². The summed E-state index contributed by atoms with van der Waals surface area (Å²) in [6.45, 7) is 15.6. The summed E-state index contributed by atoms with van der Waals surface area (Å²) >= 11 is 0. The molecular weight excluding hydrogens is 793 g/mol. The maximum absolute atomic E-state index is 11.5. The Hall–Kier alpha value is -4.57. The van der Waals surface area contributed by atoms with Gasteiger partial charge in [-0.2, -0.15) is 0 Å². The van der Waals surface area contributed by atoms with E-state index in [0.29, 0.717) is 5.92 Å². The van der Waals surface area contributed by atoms with Gasteiger partial charge in [-0.3, -0.25) is 4.79 Å². The number of nitrogens with zero attached hydrogens (tertiary/aromatic N) is 2. The molecule has 1 radical (unpaired) electrons. The molecule has 0 fully saturated rings. The molecule has 2 heterocycles. The number of hydrogen-bond acceptors (Lipinski definition) is 3. The molecule has 2 aromatic heterocycles. The minimum Gasteiger partial charge on any atom is -0.512 e. The largest absolute Gasteiger partial charge is 0.512 e. The van der Waals surface area contributed by atoms with Gasteiger partial charge >= 0.3 is 0 Å². The molecule has 0 saturated heterocycles. The van der Waals surface area contributed by atoms with Gasteiger partial charge in [0.2, 0.25) is 0 Å². The summed E-state index contributed by atoms with van der Waals surface area (Å²) in [6, 6.07) is 40.7. The van der Waals surface area contributed by atoms with Gasteiger partial charge in [0, 0.05) is 54.0 Å². The number of carbonyl (C=O) groups excluding carboxylic acids is 1. The van der Waals surface area contributed by atoms with Crippen LogP contribution in [0.3, 0.4) is 0 Å². The predicted molar refractivity (Wildman–Crippen MR) is 207 cm³/mol. The van der Waals surface area contributed by atoms with Crippen LogP contribution in [0.15, 0.2) is 121 Å². The average molecular weight is 838 g/mol. The maximum Gasteiger partial charge on any atom is 0.164 e. The number of aliphatic hydroxyl groups excluding tert-OH is 1. The van der Waals surface area contributed by atoms with Crippen LogP contribution in [0.2, 0.25) is 0 Å². The molecule has 0 aliphatic rings. The summed E-state index contributed by atoms with van der Waals surface area (Å²) in [7, 11) is 0. The Morgan fingerprint density at radius 2 is 1.30 bits per heavy atom. The molecule has 4 nitrogen and oxygen atoms in total. The van der Waals surface area contributed by atoms with Gasteiger partial charge in [0.1, 0.15) is 5.76 Å². The van der Waals surface area contributed by atoms with Crippen LogP contribution in [0.4, 0.5) is 0 Å². The Balaban J connectivity index is 0.000000299. The summed E-state index contributed by atoms with van der Waals surface area (Å²) in [5.74, 6) is 0.444. The number of allylic oxidation sites excluding steroid dienone is 2. The first-order valence-corrected chi connectivity index (χ1v) is 17.0. The van der Waals surface area contributed by atoms with Crippen molar-refractivity contribution in [3.05, 3.63) is 133 Å². The Morgan fingerprint density at radius 3 is 1.88 bits per heavy atom. The van der Waals surface area contributed by atoms with Gasteiger partial charge in [-0.15, -0.1) is 29.3 Å². The minimum atomic E-state index is -0.417. The molecule has 0 bridgehead atoms. The second kappa shape index (κ2) is 14.3. The quantitative estimate of drug-likeness (QED) is 0.0831. The van der Waals surface area contributed by atoms with Gasteiger partial charge in [-0.05, 0) is 57.0 Å². The van der Waals surface area contributed by atoms with Gasteiger partial charge in [-0.25, -0.2) is 0 Å². The number of pyridine rings is 1.